The first-order valence-corrected chi connectivity index (χ1v) is 12.8. The third-order valence-corrected chi connectivity index (χ3v) is 7.05. The van der Waals surface area contributed by atoms with Gasteiger partial charge >= 0.3 is 11.9 Å². The molecule has 0 unspecified atom stereocenters. The van der Waals surface area contributed by atoms with Crippen LogP contribution in [0.1, 0.15) is 31.1 Å². The third kappa shape index (κ3) is 5.61. The number of β-lactam (4-membered cyclic amide) rings is 1. The number of nitrogens with zero attached hydrogens (tertiary/aromatic N) is 3. The highest BCUT2D eigenvalue weighted by atomic mass is 32.2. The maximum Gasteiger partial charge on any atom is 0.362 e. The average molecular weight is 524 g/mol. The smallest absolute Gasteiger partial charge is 0.362 e. The molecule has 0 spiro atoms. The number of carbonyl (C=O) groups is 3. The second-order valence-corrected chi connectivity index (χ2v) is 10.7. The second kappa shape index (κ2) is 10.4. The van der Waals surface area contributed by atoms with E-state index in [2.05, 4.69) is 4.72 Å². The number of carbonyl (C=O) groups excluding carboxylic acids is 3. The lowest BCUT2D eigenvalue weighted by Crippen LogP contribution is -2.62. The molecule has 2 aliphatic rings. The van der Waals surface area contributed by atoms with E-state index in [0.29, 0.717) is 5.57 Å². The van der Waals surface area contributed by atoms with Gasteiger partial charge in [0.2, 0.25) is 5.91 Å². The minimum absolute atomic E-state index is 0.00378. The quantitative estimate of drug-likeness (QED) is 0.144. The number of esters is 2. The van der Waals surface area contributed by atoms with E-state index in [1.807, 2.05) is 20.8 Å². The summed E-state index contributed by atoms with van der Waals surface area (Å²) in [6.45, 7) is 6.26. The molecule has 3 rings (SSSR count). The molecule has 13 nitrogen and oxygen atoms in total. The lowest BCUT2D eigenvalue weighted by atomic mass is 9.74. The van der Waals surface area contributed by atoms with Gasteiger partial charge in [-0.05, 0) is 30.7 Å². The summed E-state index contributed by atoms with van der Waals surface area (Å²) in [5.74, 6) is -2.69. The minimum Gasteiger partial charge on any atom is -0.385 e. The van der Waals surface area contributed by atoms with E-state index in [1.165, 1.54) is 17.0 Å². The number of hydrogen-bond donors (Lipinski definition) is 2. The summed E-state index contributed by atoms with van der Waals surface area (Å²) in [6, 6.07) is 4.34. The highest BCUT2D eigenvalue weighted by Crippen LogP contribution is 2.48. The third-order valence-electron chi connectivity index (χ3n) is 6.44. The SMILES string of the molecule is CC(C)[C@H]1C(=O)N2C(C(=O)OC(=O)c3ccc([N+](=O)[O-])cc3)=C(CN(C)CCNS(N)(=O)=O)[C@H](C)[C@H]12. The molecule has 3 atom stereocenters. The summed E-state index contributed by atoms with van der Waals surface area (Å²) < 4.78 is 29.5. The number of nitro groups is 1. The molecule has 14 heteroatoms. The van der Waals surface area contributed by atoms with Gasteiger partial charge in [0.05, 0.1) is 22.4 Å². The van der Waals surface area contributed by atoms with Gasteiger partial charge in [0.1, 0.15) is 5.70 Å². The predicted molar refractivity (Wildman–Crippen MR) is 127 cm³/mol. The fourth-order valence-electron chi connectivity index (χ4n) is 4.69. The summed E-state index contributed by atoms with van der Waals surface area (Å²) in [5, 5.41) is 15.8. The highest BCUT2D eigenvalue weighted by Gasteiger charge is 2.59. The number of rotatable bonds is 10. The van der Waals surface area contributed by atoms with Crippen LogP contribution in [0.3, 0.4) is 0 Å². The number of nitrogens with one attached hydrogen (secondary N) is 1. The Hall–Kier alpha value is -3.20. The number of amides is 1. The molecule has 1 aromatic carbocycles. The van der Waals surface area contributed by atoms with Gasteiger partial charge < -0.3 is 14.5 Å². The number of fused-ring (bicyclic) bond motifs is 1. The topological polar surface area (TPSA) is 182 Å². The maximum absolute atomic E-state index is 13.2. The summed E-state index contributed by atoms with van der Waals surface area (Å²) >= 11 is 0. The largest absolute Gasteiger partial charge is 0.385 e. The molecule has 1 fully saturated rings. The van der Waals surface area contributed by atoms with Crippen molar-refractivity contribution in [3.05, 3.63) is 51.2 Å². The Morgan fingerprint density at radius 3 is 2.39 bits per heavy atom. The molecule has 0 radical (unpaired) electrons. The van der Waals surface area contributed by atoms with Crippen molar-refractivity contribution in [2.75, 3.05) is 26.7 Å². The van der Waals surface area contributed by atoms with Crippen molar-refractivity contribution in [2.24, 2.45) is 22.9 Å². The van der Waals surface area contributed by atoms with E-state index in [0.717, 1.165) is 12.1 Å². The van der Waals surface area contributed by atoms with Gasteiger partial charge in [0.25, 0.3) is 15.9 Å². The maximum atomic E-state index is 13.2. The molecule has 2 aliphatic heterocycles. The van der Waals surface area contributed by atoms with Crippen LogP contribution >= 0.6 is 0 Å². The Morgan fingerprint density at radius 1 is 1.25 bits per heavy atom. The van der Waals surface area contributed by atoms with Gasteiger partial charge in [-0.15, -0.1) is 0 Å². The molecule has 196 valence electrons. The lowest BCUT2D eigenvalue weighted by molar-refractivity contribution is -0.384. The zero-order valence-corrected chi connectivity index (χ0v) is 21.1. The van der Waals surface area contributed by atoms with Crippen LogP contribution in [0.15, 0.2) is 35.5 Å². The standard InChI is InChI=1S/C22H29N5O8S/c1-12(2)17-18-13(3)16(11-25(4)10-9-24-36(23,33)34)19(26(18)20(17)28)22(30)35-21(29)14-5-7-15(8-6-14)27(31)32/h5-8,12-13,17-18,24H,9-11H2,1-4H3,(H2,23,33,34)/t13-,17+,18+/m0/s1. The first kappa shape index (κ1) is 27.4. The minimum atomic E-state index is -3.85. The van der Waals surface area contributed by atoms with Gasteiger partial charge in [0.15, 0.2) is 0 Å². The van der Waals surface area contributed by atoms with E-state index >= 15 is 0 Å². The summed E-state index contributed by atoms with van der Waals surface area (Å²) in [7, 11) is -2.14. The lowest BCUT2D eigenvalue weighted by Gasteiger charge is -2.47. The molecule has 0 aliphatic carbocycles. The van der Waals surface area contributed by atoms with Crippen molar-refractivity contribution in [3.63, 3.8) is 0 Å². The van der Waals surface area contributed by atoms with Crippen LogP contribution < -0.4 is 9.86 Å². The van der Waals surface area contributed by atoms with Crippen LogP contribution in [-0.2, 0) is 24.5 Å². The van der Waals surface area contributed by atoms with Crippen LogP contribution in [0.4, 0.5) is 5.69 Å². The van der Waals surface area contributed by atoms with E-state index in [9.17, 15) is 32.9 Å². The summed E-state index contributed by atoms with van der Waals surface area (Å²) in [5.41, 5.74) is 0.313. The van der Waals surface area contributed by atoms with E-state index in [4.69, 9.17) is 9.88 Å². The van der Waals surface area contributed by atoms with E-state index < -0.39 is 27.1 Å². The van der Waals surface area contributed by atoms with Crippen molar-refractivity contribution < 1.29 is 32.5 Å². The number of hydrogen-bond acceptors (Lipinski definition) is 9. The van der Waals surface area contributed by atoms with Crippen molar-refractivity contribution in [2.45, 2.75) is 26.8 Å². The van der Waals surface area contributed by atoms with Crippen molar-refractivity contribution in [3.8, 4) is 0 Å². The van der Waals surface area contributed by atoms with Crippen LogP contribution in [0.2, 0.25) is 0 Å². The first-order valence-electron chi connectivity index (χ1n) is 11.3. The van der Waals surface area contributed by atoms with Crippen LogP contribution in [0.25, 0.3) is 0 Å². The molecule has 1 amide bonds. The van der Waals surface area contributed by atoms with Crippen molar-refractivity contribution in [1.82, 2.24) is 14.5 Å². The van der Waals surface area contributed by atoms with Gasteiger partial charge in [-0.25, -0.2) is 19.5 Å². The molecule has 3 N–H and O–H groups in total. The Labute approximate surface area is 208 Å². The van der Waals surface area contributed by atoms with E-state index in [-0.39, 0.29) is 66.3 Å². The number of nitrogens with two attached hydrogens (primary N) is 1. The molecule has 0 aromatic heterocycles. The number of non-ortho nitro benzene ring substituents is 1. The van der Waals surface area contributed by atoms with Crippen LogP contribution in [0.5, 0.6) is 0 Å². The Balaban J connectivity index is 1.83. The van der Waals surface area contributed by atoms with Crippen molar-refractivity contribution >= 4 is 33.7 Å². The monoisotopic (exact) mass is 523 g/mol. The second-order valence-electron chi connectivity index (χ2n) is 9.29. The summed E-state index contributed by atoms with van der Waals surface area (Å²) in [4.78, 5) is 52.0. The Kier molecular flexibility index (Phi) is 7.93. The van der Waals surface area contributed by atoms with Crippen LogP contribution in [0, 0.1) is 27.9 Å². The number of likely N-dealkylation sites (N-methyl/N-ethyl adjacent to an activating group) is 1. The summed E-state index contributed by atoms with van der Waals surface area (Å²) in [6.07, 6.45) is 0. The van der Waals surface area contributed by atoms with Gasteiger partial charge in [-0.2, -0.15) is 8.42 Å². The zero-order valence-electron chi connectivity index (χ0n) is 20.3. The predicted octanol–water partition coefficient (Wildman–Crippen LogP) is 0.390. The molecule has 0 bridgehead atoms. The Morgan fingerprint density at radius 2 is 1.86 bits per heavy atom. The highest BCUT2D eigenvalue weighted by molar-refractivity contribution is 7.87. The van der Waals surface area contributed by atoms with Gasteiger partial charge in [-0.3, -0.25) is 14.9 Å². The molecule has 2 heterocycles. The molecule has 0 saturated carbocycles. The van der Waals surface area contributed by atoms with E-state index in [1.54, 1.807) is 11.9 Å². The Bertz CT molecular complexity index is 1210. The zero-order chi connectivity index (χ0) is 26.9. The van der Waals surface area contributed by atoms with Gasteiger partial charge in [0, 0.05) is 37.7 Å². The average Bonchev–Trinajstić information content (AvgIpc) is 3.00. The number of ether oxygens (including phenoxy) is 1. The van der Waals surface area contributed by atoms with Crippen molar-refractivity contribution in [1.29, 1.82) is 0 Å². The molecular weight excluding hydrogens is 494 g/mol. The molecular formula is C22H29N5O8S. The molecule has 1 aromatic rings. The van der Waals surface area contributed by atoms with Crippen LogP contribution in [-0.4, -0.2) is 73.7 Å². The number of benzene rings is 1. The fourth-order valence-corrected chi connectivity index (χ4v) is 5.07. The number of nitro benzene ring substituents is 1. The van der Waals surface area contributed by atoms with Gasteiger partial charge in [-0.1, -0.05) is 20.8 Å². The first-order chi connectivity index (χ1) is 16.7. The molecule has 36 heavy (non-hydrogen) atoms. The fraction of sp³-hybridized carbons (Fsp3) is 0.500. The molecule has 1 saturated heterocycles. The normalized spacial score (nSPS) is 21.6.